The second kappa shape index (κ2) is 32.9. The van der Waals surface area contributed by atoms with Crippen LogP contribution in [0.15, 0.2) is 121 Å². The van der Waals surface area contributed by atoms with Gasteiger partial charge in [-0.25, -0.2) is 15.0 Å². The van der Waals surface area contributed by atoms with Gasteiger partial charge in [-0.3, -0.25) is 28.8 Å². The van der Waals surface area contributed by atoms with E-state index in [9.17, 15) is 44.1 Å². The minimum absolute atomic E-state index is 0.0245. The third-order valence-corrected chi connectivity index (χ3v) is 22.3. The van der Waals surface area contributed by atoms with Gasteiger partial charge in [0.25, 0.3) is 0 Å². The van der Waals surface area contributed by atoms with Crippen LogP contribution in [0.1, 0.15) is 167 Å². The summed E-state index contributed by atoms with van der Waals surface area (Å²) >= 11 is 4.84. The summed E-state index contributed by atoms with van der Waals surface area (Å²) in [7, 11) is 0. The number of aryl methyl sites for hydroxylation is 9. The van der Waals surface area contributed by atoms with Gasteiger partial charge < -0.3 is 43.6 Å². The highest BCUT2D eigenvalue weighted by Crippen LogP contribution is 2.40. The van der Waals surface area contributed by atoms with E-state index in [-0.39, 0.29) is 79.9 Å². The van der Waals surface area contributed by atoms with Crippen molar-refractivity contribution >= 4 is 69.1 Å². The van der Waals surface area contributed by atoms with Crippen LogP contribution in [0.2, 0.25) is 0 Å². The molecule has 3 amide bonds. The molecule has 540 valence electrons. The van der Waals surface area contributed by atoms with Crippen LogP contribution in [0.4, 0.5) is 0 Å². The molecule has 3 aromatic carbocycles. The van der Waals surface area contributed by atoms with E-state index < -0.39 is 59.1 Å². The molecule has 0 radical (unpaired) electrons. The number of likely N-dealkylation sites (tertiary alicyclic amines) is 3. The lowest BCUT2D eigenvalue weighted by Gasteiger charge is -2.33. The third-order valence-electron chi connectivity index (χ3n) is 19.4. The Morgan fingerprint density at radius 3 is 1.15 bits per heavy atom. The van der Waals surface area contributed by atoms with Crippen molar-refractivity contribution in [2.75, 3.05) is 19.6 Å². The second-order valence-electron chi connectivity index (χ2n) is 29.2. The summed E-state index contributed by atoms with van der Waals surface area (Å²) in [6.07, 6.45) is 1.35. The summed E-state index contributed by atoms with van der Waals surface area (Å²) in [6.45, 7) is 25.2. The largest absolute Gasteiger partial charge is 0.391 e. The molecule has 3 N–H and O–H groups in total. The highest BCUT2D eigenvalue weighted by Gasteiger charge is 2.48. The van der Waals surface area contributed by atoms with Gasteiger partial charge in [0.05, 0.1) is 102 Å². The van der Waals surface area contributed by atoms with Gasteiger partial charge in [0.15, 0.2) is 23.1 Å². The number of rotatable bonds is 22. The van der Waals surface area contributed by atoms with Gasteiger partial charge in [0.2, 0.25) is 17.7 Å². The number of nitrogens with zero attached hydrogens (tertiary/aromatic N) is 9. The molecule has 6 aromatic heterocycles. The number of carbonyl (C=O) groups is 6. The number of aliphatic hydroxyl groups excluding tert-OH is 3. The number of ketones is 3. The summed E-state index contributed by atoms with van der Waals surface area (Å²) in [5.41, 5.74) is 15.8. The predicted molar refractivity (Wildman–Crippen MR) is 392 cm³/mol. The van der Waals surface area contributed by atoms with Gasteiger partial charge in [0.1, 0.15) is 28.8 Å². The molecule has 3 fully saturated rings. The van der Waals surface area contributed by atoms with Crippen LogP contribution >= 0.6 is 34.0 Å². The first-order valence-electron chi connectivity index (χ1n) is 34.8. The third kappa shape index (κ3) is 18.1. The number of hydrogen-bond acceptors (Lipinski definition) is 21. The van der Waals surface area contributed by atoms with E-state index in [1.54, 1.807) is 82.8 Å². The molecular weight excluding hydrogens is 1350 g/mol. The summed E-state index contributed by atoms with van der Waals surface area (Å²) < 4.78 is 16.2. The van der Waals surface area contributed by atoms with Crippen LogP contribution in [0.3, 0.4) is 0 Å². The first-order valence-corrected chi connectivity index (χ1v) is 37.4. The molecular formula is C78H93N9O12S3. The predicted octanol–water partition coefficient (Wildman–Crippen LogP) is 12.9. The van der Waals surface area contributed by atoms with E-state index in [0.29, 0.717) is 72.9 Å². The monoisotopic (exact) mass is 1440 g/mol. The molecule has 3 saturated heterocycles. The maximum Gasteiger partial charge on any atom is 0.236 e. The van der Waals surface area contributed by atoms with E-state index in [0.717, 1.165) is 65.1 Å². The molecule has 102 heavy (non-hydrogen) atoms. The maximum absolute atomic E-state index is 13.7. The smallest absolute Gasteiger partial charge is 0.236 e. The van der Waals surface area contributed by atoms with Crippen molar-refractivity contribution in [1.29, 1.82) is 0 Å². The number of hydrogen-bond donors (Lipinski definition) is 3. The molecule has 12 rings (SSSR count). The van der Waals surface area contributed by atoms with Crippen LogP contribution in [0.25, 0.3) is 31.3 Å². The molecule has 0 saturated carbocycles. The first-order chi connectivity index (χ1) is 48.4. The number of aliphatic hydroxyl groups is 3. The van der Waals surface area contributed by atoms with Crippen molar-refractivity contribution in [3.05, 3.63) is 176 Å². The van der Waals surface area contributed by atoms with E-state index >= 15 is 0 Å². The van der Waals surface area contributed by atoms with E-state index in [1.165, 1.54) is 4.90 Å². The van der Waals surface area contributed by atoms with Crippen LogP contribution in [-0.2, 0) is 53.4 Å². The van der Waals surface area contributed by atoms with Crippen LogP contribution in [0.5, 0.6) is 0 Å². The number of Topliss-reactive ketones (excluding diaryl/α,β-unsaturated/α-hetero) is 3. The minimum Gasteiger partial charge on any atom is -0.391 e. The molecule has 24 heteroatoms. The number of thiazole rings is 3. The average molecular weight is 1440 g/mol. The van der Waals surface area contributed by atoms with Crippen molar-refractivity contribution in [1.82, 2.24) is 45.1 Å². The van der Waals surface area contributed by atoms with E-state index in [2.05, 4.69) is 66.8 Å². The van der Waals surface area contributed by atoms with Crippen LogP contribution in [0, 0.1) is 52.9 Å². The number of carbonyl (C=O) groups excluding carboxylic acids is 6. The highest BCUT2D eigenvalue weighted by atomic mass is 32.1. The Bertz CT molecular complexity index is 4370. The van der Waals surface area contributed by atoms with Gasteiger partial charge in [-0.1, -0.05) is 123 Å². The summed E-state index contributed by atoms with van der Waals surface area (Å²) in [5.74, 6) is -0.435. The average Bonchev–Trinajstić information content (AvgIpc) is 1.60. The second-order valence-corrected chi connectivity index (χ2v) is 31.7. The standard InChI is InChI=1S/C27H33N3O4S.C26H31N3O4S.C25H29N3O4S/c1-16-12-23(34-29-16)24(27(3,4)5)26(33)30-14-20(31)13-21(30)22(32)11-8-18-6-9-19(10-7-18)25-17(2)28-15-35-25;1-15(2)24(23-11-16(3)28-33-23)26(32)29-13-20(30)12-21(29)22(31)10-7-18-5-8-19(9-6-18)25-17(4)27-14-34-25;1-15-11-22(32-27-15)25(3,4)24(31)28-13-19(29)12-20(28)21(30)10-7-17-5-8-18(9-6-17)23-16(2)26-14-33-23/h6-7,9-10,12,15,20-21,24,31H,8,11,13-14H2,1-5H3;5-6,8-9,11,14-15,20-21,24,30H,7,10,12-13H2,1-4H3;5-6,8-9,11,14,19-20,29H,7,10,12-13H2,1-4H3/t2*20-,21+,24-;19-,20+/m111/s1. The quantitative estimate of drug-likeness (QED) is 0.0568. The SMILES string of the molecule is Cc1cc(C(C)(C)C(=O)N2C[C@H](O)C[C@H]2C(=O)CCc2ccc(-c3scnc3C)cc2)on1.Cc1cc([C@H](C(=O)N2C[C@H](O)C[C@H]2C(=O)CCc2ccc(-c3scnc3C)cc2)C(C)(C)C)on1.Cc1cc([C@H](C(=O)N2C[C@H](O)C[C@H]2C(=O)CCc2ccc(-c3scnc3C)cc2)C(C)C)on1. The molecule has 0 aliphatic carbocycles. The van der Waals surface area contributed by atoms with E-state index in [4.69, 9.17) is 13.6 Å². The van der Waals surface area contributed by atoms with Crippen LogP contribution < -0.4 is 0 Å². The molecule has 8 atom stereocenters. The number of β-amino-alcohol motifs (C(OH)–C–C–N with tert-alkyl or cyclic N) is 3. The number of benzene rings is 3. The zero-order valence-corrected chi connectivity index (χ0v) is 62.8. The molecule has 0 spiro atoms. The summed E-state index contributed by atoms with van der Waals surface area (Å²) in [6, 6.07) is 27.9. The lowest BCUT2D eigenvalue weighted by molar-refractivity contribution is -0.142. The summed E-state index contributed by atoms with van der Waals surface area (Å²) in [4.78, 5) is 101. The molecule has 0 unspecified atom stereocenters. The molecule has 3 aliphatic heterocycles. The fourth-order valence-electron chi connectivity index (χ4n) is 13.7. The fraction of sp³-hybridized carbons (Fsp3) is 0.462. The number of aromatic nitrogens is 6. The van der Waals surface area contributed by atoms with Crippen molar-refractivity contribution in [3.8, 4) is 31.3 Å². The molecule has 9 heterocycles. The maximum atomic E-state index is 13.7. The topological polar surface area (TPSA) is 290 Å². The minimum atomic E-state index is -0.978. The zero-order chi connectivity index (χ0) is 73.5. The van der Waals surface area contributed by atoms with E-state index in [1.807, 2.05) is 122 Å². The van der Waals surface area contributed by atoms with Gasteiger partial charge >= 0.3 is 0 Å². The lowest BCUT2D eigenvalue weighted by atomic mass is 9.78. The molecule has 3 aliphatic rings. The molecule has 9 aromatic rings. The Hall–Kier alpha value is -8.52. The Morgan fingerprint density at radius 2 is 0.824 bits per heavy atom. The normalized spacial score (nSPS) is 19.0. The van der Waals surface area contributed by atoms with Crippen LogP contribution in [-0.4, -0.2) is 152 Å². The lowest BCUT2D eigenvalue weighted by Crippen LogP contribution is -2.48. The number of amides is 3. The molecule has 0 bridgehead atoms. The zero-order valence-electron chi connectivity index (χ0n) is 60.3. The fourth-order valence-corrected chi connectivity index (χ4v) is 16.2. The summed E-state index contributed by atoms with van der Waals surface area (Å²) in [5, 5.41) is 42.7. The van der Waals surface area contributed by atoms with Gasteiger partial charge in [-0.05, 0) is 119 Å². The Kier molecular flexibility index (Phi) is 24.5. The highest BCUT2D eigenvalue weighted by molar-refractivity contribution is 7.14. The Balaban J connectivity index is 0.000000165. The Labute approximate surface area is 607 Å². The van der Waals surface area contributed by atoms with Crippen molar-refractivity contribution < 1.29 is 57.7 Å². The Morgan fingerprint density at radius 1 is 0.480 bits per heavy atom. The first kappa shape index (κ1) is 76.1. The van der Waals surface area contributed by atoms with Gasteiger partial charge in [0, 0.05) is 76.4 Å². The van der Waals surface area contributed by atoms with Gasteiger partial charge in [-0.15, -0.1) is 34.0 Å². The van der Waals surface area contributed by atoms with Crippen molar-refractivity contribution in [2.24, 2.45) is 11.3 Å². The van der Waals surface area contributed by atoms with Crippen molar-refractivity contribution in [2.45, 2.75) is 201 Å². The molecule has 21 nitrogen and oxygen atoms in total. The van der Waals surface area contributed by atoms with Crippen molar-refractivity contribution in [3.63, 3.8) is 0 Å². The van der Waals surface area contributed by atoms with Gasteiger partial charge in [-0.2, -0.15) is 0 Å².